The number of aliphatic hydroxyl groups is 1. The first-order valence-electron chi connectivity index (χ1n) is 2.12. The van der Waals surface area contributed by atoms with E-state index in [1.54, 1.807) is 0 Å². The van der Waals surface area contributed by atoms with Crippen LogP contribution in [0.5, 0.6) is 0 Å². The largest absolute Gasteiger partial charge is 0.377 e. The molecule has 0 rings (SSSR count). The number of aliphatic hydroxyl groups excluding tert-OH is 1. The molecule has 1 N–H and O–H groups in total. The molecule has 0 aliphatic carbocycles. The Kier molecular flexibility index (Phi) is 2.63. The van der Waals surface area contributed by atoms with Gasteiger partial charge in [0.25, 0.3) is 0 Å². The van der Waals surface area contributed by atoms with Crippen LogP contribution in [0.3, 0.4) is 0 Å². The van der Waals surface area contributed by atoms with Crippen LogP contribution in [-0.4, -0.2) is 16.6 Å². The van der Waals surface area contributed by atoms with Gasteiger partial charge in [0, 0.05) is 0 Å². The Morgan fingerprint density at radius 3 is 2.12 bits per heavy atom. The molecule has 0 aromatic heterocycles. The fourth-order valence-electron chi connectivity index (χ4n) is 0.296. The molecule has 50 valence electrons. The van der Waals surface area contributed by atoms with E-state index in [2.05, 4.69) is 0 Å². The number of hydrogen-bond acceptors (Lipinski definition) is 1. The van der Waals surface area contributed by atoms with Crippen molar-refractivity contribution in [2.75, 3.05) is 0 Å². The lowest BCUT2D eigenvalue weighted by Gasteiger charge is -2.09. The first-order valence-corrected chi connectivity index (χ1v) is 2.55. The van der Waals surface area contributed by atoms with Gasteiger partial charge in [0.2, 0.25) is 5.92 Å². The number of alkyl halides is 3. The van der Waals surface area contributed by atoms with Crippen LogP contribution >= 0.6 is 11.6 Å². The van der Waals surface area contributed by atoms with Crippen molar-refractivity contribution in [3.63, 3.8) is 0 Å². The van der Waals surface area contributed by atoms with Crippen LogP contribution in [0.1, 0.15) is 13.3 Å². The smallest absolute Gasteiger partial charge is 0.249 e. The van der Waals surface area contributed by atoms with Gasteiger partial charge in [-0.1, -0.05) is 11.6 Å². The number of halogens is 3. The van der Waals surface area contributed by atoms with E-state index < -0.39 is 17.9 Å². The van der Waals surface area contributed by atoms with Crippen LogP contribution in [0.25, 0.3) is 0 Å². The molecule has 0 spiro atoms. The second kappa shape index (κ2) is 2.60. The zero-order chi connectivity index (χ0) is 6.78. The molecular weight excluding hydrogens is 137 g/mol. The van der Waals surface area contributed by atoms with Crippen LogP contribution in [0.15, 0.2) is 0 Å². The summed E-state index contributed by atoms with van der Waals surface area (Å²) in [7, 11) is 0. The lowest BCUT2D eigenvalue weighted by molar-refractivity contribution is -0.00999. The molecule has 0 heterocycles. The van der Waals surface area contributed by atoms with Gasteiger partial charge < -0.3 is 5.11 Å². The molecule has 0 saturated heterocycles. The Balaban J connectivity index is 3.39. The van der Waals surface area contributed by atoms with Crippen LogP contribution in [0.2, 0.25) is 0 Å². The molecule has 0 saturated carbocycles. The minimum atomic E-state index is -2.86. The number of hydrogen-bond donors (Lipinski definition) is 1. The summed E-state index contributed by atoms with van der Waals surface area (Å²) in [6.07, 6.45) is -0.686. The van der Waals surface area contributed by atoms with E-state index >= 15 is 0 Å². The Morgan fingerprint density at radius 2 is 2.12 bits per heavy atom. The zero-order valence-corrected chi connectivity index (χ0v) is 5.12. The Hall–Kier alpha value is 0.110. The van der Waals surface area contributed by atoms with Crippen molar-refractivity contribution in [2.24, 2.45) is 0 Å². The van der Waals surface area contributed by atoms with E-state index in [4.69, 9.17) is 16.7 Å². The third-order valence-electron chi connectivity index (χ3n) is 0.527. The van der Waals surface area contributed by atoms with Gasteiger partial charge >= 0.3 is 0 Å². The minimum Gasteiger partial charge on any atom is -0.377 e. The predicted molar refractivity (Wildman–Crippen MR) is 27.1 cm³/mol. The SMILES string of the molecule is CC(F)(F)CC(O)Cl. The fraction of sp³-hybridized carbons (Fsp3) is 1.00. The molecular formula is C4H7ClF2O. The van der Waals surface area contributed by atoms with Gasteiger partial charge in [0.05, 0.1) is 6.42 Å². The van der Waals surface area contributed by atoms with Crippen molar-refractivity contribution < 1.29 is 13.9 Å². The second-order valence-electron chi connectivity index (χ2n) is 1.71. The van der Waals surface area contributed by atoms with E-state index in [0.29, 0.717) is 6.92 Å². The average Bonchev–Trinajstić information content (AvgIpc) is 1.21. The lowest BCUT2D eigenvalue weighted by Crippen LogP contribution is -2.15. The van der Waals surface area contributed by atoms with E-state index in [1.807, 2.05) is 0 Å². The molecule has 0 bridgehead atoms. The lowest BCUT2D eigenvalue weighted by atomic mass is 10.3. The van der Waals surface area contributed by atoms with Crippen LogP contribution in [0.4, 0.5) is 8.78 Å². The number of rotatable bonds is 2. The van der Waals surface area contributed by atoms with Crippen LogP contribution < -0.4 is 0 Å². The highest BCUT2D eigenvalue weighted by atomic mass is 35.5. The normalized spacial score (nSPS) is 16.1. The quantitative estimate of drug-likeness (QED) is 0.584. The topological polar surface area (TPSA) is 20.2 Å². The summed E-state index contributed by atoms with van der Waals surface area (Å²) in [5.74, 6) is -2.86. The average molecular weight is 145 g/mol. The highest BCUT2D eigenvalue weighted by Gasteiger charge is 2.23. The molecule has 1 atom stereocenters. The molecule has 0 aromatic rings. The van der Waals surface area contributed by atoms with Crippen molar-refractivity contribution in [2.45, 2.75) is 24.8 Å². The van der Waals surface area contributed by atoms with Crippen LogP contribution in [-0.2, 0) is 0 Å². The van der Waals surface area contributed by atoms with Gasteiger partial charge in [-0.2, -0.15) is 0 Å². The maximum Gasteiger partial charge on any atom is 0.249 e. The summed E-state index contributed by atoms with van der Waals surface area (Å²) in [6.45, 7) is 0.707. The molecule has 8 heavy (non-hydrogen) atoms. The Morgan fingerprint density at radius 1 is 1.75 bits per heavy atom. The predicted octanol–water partition coefficient (Wildman–Crippen LogP) is 1.59. The molecule has 0 fully saturated rings. The molecule has 4 heteroatoms. The summed E-state index contributed by atoms with van der Waals surface area (Å²) in [5.41, 5.74) is -1.44. The van der Waals surface area contributed by atoms with Gasteiger partial charge in [0.1, 0.15) is 5.56 Å². The summed E-state index contributed by atoms with van der Waals surface area (Å²) in [6, 6.07) is 0. The fourth-order valence-corrected chi connectivity index (χ4v) is 0.567. The van der Waals surface area contributed by atoms with Gasteiger partial charge in [-0.15, -0.1) is 0 Å². The van der Waals surface area contributed by atoms with Crippen molar-refractivity contribution in [1.29, 1.82) is 0 Å². The van der Waals surface area contributed by atoms with Crippen molar-refractivity contribution in [3.05, 3.63) is 0 Å². The molecule has 0 aliphatic heterocycles. The van der Waals surface area contributed by atoms with Gasteiger partial charge in [0.15, 0.2) is 0 Å². The van der Waals surface area contributed by atoms with E-state index in [9.17, 15) is 8.78 Å². The molecule has 0 aromatic carbocycles. The van der Waals surface area contributed by atoms with Crippen molar-refractivity contribution in [1.82, 2.24) is 0 Å². The standard InChI is InChI=1S/C4H7ClF2O/c1-4(6,7)2-3(5)8/h3,8H,2H2,1H3. The molecule has 0 radical (unpaired) electrons. The summed E-state index contributed by atoms with van der Waals surface area (Å²) in [5, 5.41) is 8.17. The van der Waals surface area contributed by atoms with Gasteiger partial charge in [-0.05, 0) is 6.92 Å². The molecule has 1 unspecified atom stereocenters. The summed E-state index contributed by atoms with van der Waals surface area (Å²) in [4.78, 5) is 0. The van der Waals surface area contributed by atoms with Crippen molar-refractivity contribution >= 4 is 11.6 Å². The highest BCUT2D eigenvalue weighted by Crippen LogP contribution is 2.19. The van der Waals surface area contributed by atoms with E-state index in [1.165, 1.54) is 0 Å². The molecule has 0 amide bonds. The third-order valence-corrected chi connectivity index (χ3v) is 0.681. The first kappa shape index (κ1) is 8.11. The van der Waals surface area contributed by atoms with E-state index in [0.717, 1.165) is 0 Å². The first-order chi connectivity index (χ1) is 3.42. The zero-order valence-electron chi connectivity index (χ0n) is 4.37. The third kappa shape index (κ3) is 6.11. The Bertz CT molecular complexity index is 68.9. The van der Waals surface area contributed by atoms with Crippen molar-refractivity contribution in [3.8, 4) is 0 Å². The van der Waals surface area contributed by atoms with Crippen LogP contribution in [0, 0.1) is 0 Å². The molecule has 0 aliphatic rings. The maximum absolute atomic E-state index is 11.7. The monoisotopic (exact) mass is 144 g/mol. The Labute approximate surface area is 51.3 Å². The second-order valence-corrected chi connectivity index (χ2v) is 2.21. The minimum absolute atomic E-state index is 0.686. The highest BCUT2D eigenvalue weighted by molar-refractivity contribution is 6.19. The summed E-state index contributed by atoms with van der Waals surface area (Å²) < 4.78 is 23.5. The summed E-state index contributed by atoms with van der Waals surface area (Å²) >= 11 is 4.84. The van der Waals surface area contributed by atoms with Gasteiger partial charge in [-0.3, -0.25) is 0 Å². The van der Waals surface area contributed by atoms with E-state index in [-0.39, 0.29) is 0 Å². The molecule has 1 nitrogen and oxygen atoms in total. The maximum atomic E-state index is 11.7. The van der Waals surface area contributed by atoms with Gasteiger partial charge in [-0.25, -0.2) is 8.78 Å².